The largest absolute Gasteiger partial charge is 0.508 e. The molecule has 4 heteroatoms. The van der Waals surface area contributed by atoms with Crippen LogP contribution in [0.15, 0.2) is 24.3 Å². The van der Waals surface area contributed by atoms with Gasteiger partial charge >= 0.3 is 0 Å². The molecule has 0 aliphatic rings. The number of phenols is 1. The molecule has 78 valence electrons. The Morgan fingerprint density at radius 3 is 2.36 bits per heavy atom. The Morgan fingerprint density at radius 1 is 1.21 bits per heavy atom. The highest BCUT2D eigenvalue weighted by Crippen LogP contribution is 2.17. The van der Waals surface area contributed by atoms with E-state index >= 15 is 0 Å². The van der Waals surface area contributed by atoms with E-state index < -0.39 is 6.29 Å². The van der Waals surface area contributed by atoms with Crippen LogP contribution in [0.1, 0.15) is 0 Å². The van der Waals surface area contributed by atoms with E-state index in [0.717, 1.165) is 0 Å². The van der Waals surface area contributed by atoms with Crippen LogP contribution in [0, 0.1) is 0 Å². The standard InChI is InChI=1S/C10H14O4/c1-12-7-10(13-2)14-9-5-3-8(11)4-6-9/h3-6,10-11H,7H2,1-2H3. The van der Waals surface area contributed by atoms with Crippen molar-refractivity contribution in [3.05, 3.63) is 24.3 Å². The molecular weight excluding hydrogens is 184 g/mol. The molecule has 0 saturated carbocycles. The molecule has 1 aromatic carbocycles. The van der Waals surface area contributed by atoms with Gasteiger partial charge in [-0.25, -0.2) is 0 Å². The quantitative estimate of drug-likeness (QED) is 0.726. The van der Waals surface area contributed by atoms with Crippen LogP contribution in [-0.4, -0.2) is 32.2 Å². The maximum absolute atomic E-state index is 9.04. The summed E-state index contributed by atoms with van der Waals surface area (Å²) in [5, 5.41) is 9.04. The van der Waals surface area contributed by atoms with Gasteiger partial charge in [-0.3, -0.25) is 0 Å². The molecule has 4 nitrogen and oxygen atoms in total. The van der Waals surface area contributed by atoms with Crippen LogP contribution in [0.3, 0.4) is 0 Å². The first kappa shape index (κ1) is 10.8. The van der Waals surface area contributed by atoms with Crippen molar-refractivity contribution in [1.29, 1.82) is 0 Å². The monoisotopic (exact) mass is 198 g/mol. The van der Waals surface area contributed by atoms with Crippen molar-refractivity contribution in [2.45, 2.75) is 6.29 Å². The summed E-state index contributed by atoms with van der Waals surface area (Å²) >= 11 is 0. The van der Waals surface area contributed by atoms with Gasteiger partial charge in [-0.2, -0.15) is 0 Å². The lowest BCUT2D eigenvalue weighted by Gasteiger charge is -2.16. The zero-order valence-electron chi connectivity index (χ0n) is 8.27. The normalized spacial score (nSPS) is 12.4. The Labute approximate surface area is 83.0 Å². The van der Waals surface area contributed by atoms with Crippen molar-refractivity contribution in [3.63, 3.8) is 0 Å². The maximum Gasteiger partial charge on any atom is 0.223 e. The fourth-order valence-corrected chi connectivity index (χ4v) is 0.963. The molecule has 1 unspecified atom stereocenters. The molecule has 14 heavy (non-hydrogen) atoms. The van der Waals surface area contributed by atoms with Gasteiger partial charge in [0.2, 0.25) is 6.29 Å². The molecule has 0 fully saturated rings. The van der Waals surface area contributed by atoms with Crippen LogP contribution in [0.4, 0.5) is 0 Å². The second kappa shape index (κ2) is 5.47. The molecule has 0 aliphatic heterocycles. The second-order valence-electron chi connectivity index (χ2n) is 2.73. The number of hydrogen-bond acceptors (Lipinski definition) is 4. The predicted molar refractivity (Wildman–Crippen MR) is 51.4 cm³/mol. The molecule has 0 spiro atoms. The minimum atomic E-state index is -0.426. The van der Waals surface area contributed by atoms with Crippen molar-refractivity contribution in [2.24, 2.45) is 0 Å². The smallest absolute Gasteiger partial charge is 0.223 e. The van der Waals surface area contributed by atoms with Crippen LogP contribution in [-0.2, 0) is 9.47 Å². The van der Waals surface area contributed by atoms with Gasteiger partial charge in [0.1, 0.15) is 18.1 Å². The van der Waals surface area contributed by atoms with E-state index in [1.165, 1.54) is 0 Å². The maximum atomic E-state index is 9.04. The van der Waals surface area contributed by atoms with Gasteiger partial charge in [0.05, 0.1) is 0 Å². The molecule has 0 aromatic heterocycles. The summed E-state index contributed by atoms with van der Waals surface area (Å²) in [5.74, 6) is 0.838. The van der Waals surface area contributed by atoms with Crippen LogP contribution in [0.25, 0.3) is 0 Å². The van der Waals surface area contributed by atoms with Gasteiger partial charge in [-0.1, -0.05) is 0 Å². The van der Waals surface area contributed by atoms with Gasteiger partial charge in [0.15, 0.2) is 0 Å². The van der Waals surface area contributed by atoms with Gasteiger partial charge in [0.25, 0.3) is 0 Å². The number of ether oxygens (including phenoxy) is 3. The fraction of sp³-hybridized carbons (Fsp3) is 0.400. The van der Waals surface area contributed by atoms with Gasteiger partial charge in [-0.15, -0.1) is 0 Å². The lowest BCUT2D eigenvalue weighted by atomic mass is 10.3. The van der Waals surface area contributed by atoms with E-state index in [1.807, 2.05) is 0 Å². The number of methoxy groups -OCH3 is 2. The molecule has 1 N–H and O–H groups in total. The second-order valence-corrected chi connectivity index (χ2v) is 2.73. The first-order valence-electron chi connectivity index (χ1n) is 4.23. The highest BCUT2D eigenvalue weighted by molar-refractivity contribution is 5.30. The average molecular weight is 198 g/mol. The Balaban J connectivity index is 2.53. The number of rotatable bonds is 5. The molecule has 1 rings (SSSR count). The number of aromatic hydroxyl groups is 1. The Kier molecular flexibility index (Phi) is 4.22. The van der Waals surface area contributed by atoms with Crippen LogP contribution in [0.2, 0.25) is 0 Å². The van der Waals surface area contributed by atoms with E-state index in [2.05, 4.69) is 0 Å². The van der Waals surface area contributed by atoms with Crippen molar-refractivity contribution < 1.29 is 19.3 Å². The molecule has 1 atom stereocenters. The average Bonchev–Trinajstić information content (AvgIpc) is 2.20. The van der Waals surface area contributed by atoms with E-state index in [-0.39, 0.29) is 5.75 Å². The molecule has 0 radical (unpaired) electrons. The lowest BCUT2D eigenvalue weighted by Crippen LogP contribution is -2.24. The van der Waals surface area contributed by atoms with E-state index in [9.17, 15) is 0 Å². The summed E-state index contributed by atoms with van der Waals surface area (Å²) in [7, 11) is 3.12. The Morgan fingerprint density at radius 2 is 1.86 bits per heavy atom. The predicted octanol–water partition coefficient (Wildman–Crippen LogP) is 1.39. The highest BCUT2D eigenvalue weighted by atomic mass is 16.7. The molecule has 0 saturated heterocycles. The molecule has 0 amide bonds. The minimum Gasteiger partial charge on any atom is -0.508 e. The summed E-state index contributed by atoms with van der Waals surface area (Å²) in [6.07, 6.45) is -0.426. The fourth-order valence-electron chi connectivity index (χ4n) is 0.963. The first-order valence-corrected chi connectivity index (χ1v) is 4.23. The first-order chi connectivity index (χ1) is 6.76. The zero-order valence-corrected chi connectivity index (χ0v) is 8.27. The van der Waals surface area contributed by atoms with E-state index in [0.29, 0.717) is 12.4 Å². The summed E-state index contributed by atoms with van der Waals surface area (Å²) in [5.41, 5.74) is 0. The summed E-state index contributed by atoms with van der Waals surface area (Å²) in [6.45, 7) is 0.359. The highest BCUT2D eigenvalue weighted by Gasteiger charge is 2.07. The number of benzene rings is 1. The third-order valence-electron chi connectivity index (χ3n) is 1.67. The van der Waals surface area contributed by atoms with Gasteiger partial charge in [0, 0.05) is 14.2 Å². The lowest BCUT2D eigenvalue weighted by molar-refractivity contribution is -0.0931. The Hall–Kier alpha value is -1.26. The van der Waals surface area contributed by atoms with Gasteiger partial charge < -0.3 is 19.3 Å². The SMILES string of the molecule is COCC(OC)Oc1ccc(O)cc1. The van der Waals surface area contributed by atoms with E-state index in [4.69, 9.17) is 19.3 Å². The van der Waals surface area contributed by atoms with Gasteiger partial charge in [-0.05, 0) is 24.3 Å². The molecular formula is C10H14O4. The zero-order chi connectivity index (χ0) is 10.4. The minimum absolute atomic E-state index is 0.207. The number of hydrogen-bond donors (Lipinski definition) is 1. The van der Waals surface area contributed by atoms with Crippen molar-refractivity contribution in [1.82, 2.24) is 0 Å². The van der Waals surface area contributed by atoms with E-state index in [1.54, 1.807) is 38.5 Å². The summed E-state index contributed by atoms with van der Waals surface area (Å²) < 4.78 is 15.3. The van der Waals surface area contributed by atoms with Crippen molar-refractivity contribution in [3.8, 4) is 11.5 Å². The van der Waals surface area contributed by atoms with Crippen LogP contribution in [0.5, 0.6) is 11.5 Å². The molecule has 0 heterocycles. The van der Waals surface area contributed by atoms with Crippen LogP contribution < -0.4 is 4.74 Å². The number of phenolic OH excluding ortho intramolecular Hbond substituents is 1. The molecule has 1 aromatic rings. The topological polar surface area (TPSA) is 47.9 Å². The van der Waals surface area contributed by atoms with Crippen LogP contribution >= 0.6 is 0 Å². The van der Waals surface area contributed by atoms with Crippen molar-refractivity contribution >= 4 is 0 Å². The third-order valence-corrected chi connectivity index (χ3v) is 1.67. The van der Waals surface area contributed by atoms with Crippen molar-refractivity contribution in [2.75, 3.05) is 20.8 Å². The summed E-state index contributed by atoms with van der Waals surface area (Å²) in [6, 6.07) is 6.43. The molecule has 0 bridgehead atoms. The summed E-state index contributed by atoms with van der Waals surface area (Å²) in [4.78, 5) is 0. The third kappa shape index (κ3) is 3.24. The Bertz CT molecular complexity index is 257. The molecule has 0 aliphatic carbocycles.